The van der Waals surface area contributed by atoms with Crippen molar-refractivity contribution in [1.29, 1.82) is 0 Å². The van der Waals surface area contributed by atoms with Gasteiger partial charge < -0.3 is 15.2 Å². The van der Waals surface area contributed by atoms with E-state index in [9.17, 15) is 9.59 Å². The molecule has 0 aliphatic rings. The van der Waals surface area contributed by atoms with E-state index in [0.29, 0.717) is 18.2 Å². The van der Waals surface area contributed by atoms with E-state index < -0.39 is 5.97 Å². The lowest BCUT2D eigenvalue weighted by molar-refractivity contribution is -0.138. The average molecular weight is 238 g/mol. The minimum absolute atomic E-state index is 0.0530. The monoisotopic (exact) mass is 238 g/mol. The molecule has 0 spiro atoms. The minimum atomic E-state index is -0.995. The van der Waals surface area contributed by atoms with Gasteiger partial charge in [-0.3, -0.25) is 9.59 Å². The van der Waals surface area contributed by atoms with Gasteiger partial charge in [0.1, 0.15) is 0 Å². The molecule has 1 amide bonds. The number of nitrogens with one attached hydrogen (secondary N) is 1. The summed E-state index contributed by atoms with van der Waals surface area (Å²) < 4.78 is 5.14. The van der Waals surface area contributed by atoms with Gasteiger partial charge in [0.05, 0.1) is 24.9 Å². The van der Waals surface area contributed by atoms with Crippen LogP contribution in [0.25, 0.3) is 0 Å². The van der Waals surface area contributed by atoms with Crippen LogP contribution in [-0.2, 0) is 9.59 Å². The van der Waals surface area contributed by atoms with Gasteiger partial charge in [0.15, 0.2) is 0 Å². The van der Waals surface area contributed by atoms with Crippen molar-refractivity contribution in [2.75, 3.05) is 11.9 Å². The summed E-state index contributed by atoms with van der Waals surface area (Å²) in [6, 6.07) is 3.28. The molecule has 0 saturated carbocycles. The Hall–Kier alpha value is -2.11. The van der Waals surface area contributed by atoms with Gasteiger partial charge in [-0.2, -0.15) is 0 Å². The molecule has 0 aliphatic heterocycles. The second kappa shape index (κ2) is 6.47. The smallest absolute Gasteiger partial charge is 0.303 e. The first kappa shape index (κ1) is 13.0. The number of ether oxygens (including phenoxy) is 1. The number of amides is 1. The molecule has 92 valence electrons. The van der Waals surface area contributed by atoms with Crippen LogP contribution in [0.2, 0.25) is 0 Å². The first-order chi connectivity index (χ1) is 8.11. The predicted molar refractivity (Wildman–Crippen MR) is 60.9 cm³/mol. The summed E-state index contributed by atoms with van der Waals surface area (Å²) in [4.78, 5) is 25.5. The number of pyridine rings is 1. The summed E-state index contributed by atoms with van der Waals surface area (Å²) in [5, 5.41) is 11.0. The van der Waals surface area contributed by atoms with Gasteiger partial charge in [0, 0.05) is 12.5 Å². The van der Waals surface area contributed by atoms with E-state index in [1.165, 1.54) is 6.20 Å². The lowest BCUT2D eigenvalue weighted by Gasteiger charge is -2.05. The third kappa shape index (κ3) is 4.96. The van der Waals surface area contributed by atoms with Gasteiger partial charge in [0.25, 0.3) is 0 Å². The Morgan fingerprint density at radius 3 is 2.71 bits per heavy atom. The summed E-state index contributed by atoms with van der Waals surface area (Å²) in [7, 11) is 0. The highest BCUT2D eigenvalue weighted by Crippen LogP contribution is 2.11. The summed E-state index contributed by atoms with van der Waals surface area (Å²) in [5.41, 5.74) is 0.517. The van der Waals surface area contributed by atoms with Crippen molar-refractivity contribution in [3.05, 3.63) is 18.3 Å². The number of hydrogen-bond acceptors (Lipinski definition) is 4. The number of aromatic nitrogens is 1. The maximum Gasteiger partial charge on any atom is 0.303 e. The van der Waals surface area contributed by atoms with Crippen LogP contribution in [0.15, 0.2) is 18.3 Å². The molecule has 6 nitrogen and oxygen atoms in total. The lowest BCUT2D eigenvalue weighted by Crippen LogP contribution is -2.13. The van der Waals surface area contributed by atoms with Gasteiger partial charge >= 0.3 is 5.97 Å². The van der Waals surface area contributed by atoms with Gasteiger partial charge in [-0.1, -0.05) is 0 Å². The highest BCUT2D eigenvalue weighted by atomic mass is 16.5. The zero-order chi connectivity index (χ0) is 12.7. The van der Waals surface area contributed by atoms with E-state index in [2.05, 4.69) is 10.3 Å². The van der Waals surface area contributed by atoms with Gasteiger partial charge in [-0.15, -0.1) is 0 Å². The molecular weight excluding hydrogens is 224 g/mol. The standard InChI is InChI=1S/C11H14N2O4/c1-2-17-10-5-3-8(7-12-10)13-9(14)4-6-11(15)16/h3,5,7H,2,4,6H2,1H3,(H,13,14)(H,15,16). The van der Waals surface area contributed by atoms with Crippen molar-refractivity contribution >= 4 is 17.6 Å². The van der Waals surface area contributed by atoms with E-state index in [4.69, 9.17) is 9.84 Å². The topological polar surface area (TPSA) is 88.5 Å². The third-order valence-electron chi connectivity index (χ3n) is 1.88. The van der Waals surface area contributed by atoms with Crippen LogP contribution in [0, 0.1) is 0 Å². The average Bonchev–Trinajstić information content (AvgIpc) is 2.29. The molecule has 6 heteroatoms. The van der Waals surface area contributed by atoms with Crippen molar-refractivity contribution in [3.8, 4) is 5.88 Å². The minimum Gasteiger partial charge on any atom is -0.481 e. The molecule has 0 aliphatic carbocycles. The zero-order valence-electron chi connectivity index (χ0n) is 9.47. The fourth-order valence-electron chi connectivity index (χ4n) is 1.13. The van der Waals surface area contributed by atoms with Crippen LogP contribution >= 0.6 is 0 Å². The molecule has 0 aromatic carbocycles. The normalized spacial score (nSPS) is 9.71. The Morgan fingerprint density at radius 1 is 1.41 bits per heavy atom. The van der Waals surface area contributed by atoms with Crippen LogP contribution in [0.5, 0.6) is 5.88 Å². The summed E-state index contributed by atoms with van der Waals surface area (Å²) in [5.74, 6) is -0.862. The van der Waals surface area contributed by atoms with E-state index in [0.717, 1.165) is 0 Å². The fraction of sp³-hybridized carbons (Fsp3) is 0.364. The van der Waals surface area contributed by atoms with Crippen molar-refractivity contribution in [3.63, 3.8) is 0 Å². The Kier molecular flexibility index (Phi) is 4.93. The quantitative estimate of drug-likeness (QED) is 0.779. The molecule has 1 heterocycles. The molecule has 2 N–H and O–H groups in total. The Bertz CT molecular complexity index is 389. The van der Waals surface area contributed by atoms with Crippen LogP contribution in [0.4, 0.5) is 5.69 Å². The summed E-state index contributed by atoms with van der Waals surface area (Å²) in [6.45, 7) is 2.38. The summed E-state index contributed by atoms with van der Waals surface area (Å²) in [6.07, 6.45) is 1.22. The molecule has 0 unspecified atom stereocenters. The van der Waals surface area contributed by atoms with Crippen molar-refractivity contribution in [2.24, 2.45) is 0 Å². The van der Waals surface area contributed by atoms with E-state index >= 15 is 0 Å². The second-order valence-electron chi connectivity index (χ2n) is 3.26. The number of aliphatic carboxylic acids is 1. The Morgan fingerprint density at radius 2 is 2.18 bits per heavy atom. The molecular formula is C11H14N2O4. The largest absolute Gasteiger partial charge is 0.481 e. The number of nitrogens with zero attached hydrogens (tertiary/aromatic N) is 1. The van der Waals surface area contributed by atoms with Crippen LogP contribution in [-0.4, -0.2) is 28.6 Å². The van der Waals surface area contributed by atoms with Crippen molar-refractivity contribution in [2.45, 2.75) is 19.8 Å². The van der Waals surface area contributed by atoms with Gasteiger partial charge in [-0.25, -0.2) is 4.98 Å². The zero-order valence-corrected chi connectivity index (χ0v) is 9.47. The fourth-order valence-corrected chi connectivity index (χ4v) is 1.13. The third-order valence-corrected chi connectivity index (χ3v) is 1.88. The first-order valence-corrected chi connectivity index (χ1v) is 5.22. The molecule has 0 radical (unpaired) electrons. The molecule has 0 atom stereocenters. The Balaban J connectivity index is 2.45. The molecule has 0 bridgehead atoms. The lowest BCUT2D eigenvalue weighted by atomic mass is 10.3. The Labute approximate surface area is 98.6 Å². The van der Waals surface area contributed by atoms with E-state index in [1.807, 2.05) is 6.92 Å². The number of carbonyl (C=O) groups excluding carboxylic acids is 1. The molecule has 0 saturated heterocycles. The molecule has 0 fully saturated rings. The number of hydrogen-bond donors (Lipinski definition) is 2. The highest BCUT2D eigenvalue weighted by molar-refractivity contribution is 5.92. The maximum atomic E-state index is 11.3. The van der Waals surface area contributed by atoms with Crippen LogP contribution in [0.3, 0.4) is 0 Å². The molecule has 1 rings (SSSR count). The number of carboxylic acid groups (broad SMARTS) is 1. The van der Waals surface area contributed by atoms with E-state index in [1.54, 1.807) is 12.1 Å². The van der Waals surface area contributed by atoms with Crippen LogP contribution in [0.1, 0.15) is 19.8 Å². The highest BCUT2D eigenvalue weighted by Gasteiger charge is 2.06. The second-order valence-corrected chi connectivity index (χ2v) is 3.26. The van der Waals surface area contributed by atoms with Crippen molar-refractivity contribution < 1.29 is 19.4 Å². The first-order valence-electron chi connectivity index (χ1n) is 5.22. The van der Waals surface area contributed by atoms with Gasteiger partial charge in [0.2, 0.25) is 11.8 Å². The molecule has 1 aromatic heterocycles. The summed E-state index contributed by atoms with van der Waals surface area (Å²) >= 11 is 0. The number of carbonyl (C=O) groups is 2. The van der Waals surface area contributed by atoms with Crippen molar-refractivity contribution in [1.82, 2.24) is 4.98 Å². The maximum absolute atomic E-state index is 11.3. The number of anilines is 1. The molecule has 17 heavy (non-hydrogen) atoms. The SMILES string of the molecule is CCOc1ccc(NC(=O)CCC(=O)O)cn1. The van der Waals surface area contributed by atoms with Gasteiger partial charge in [-0.05, 0) is 13.0 Å². The predicted octanol–water partition coefficient (Wildman–Crippen LogP) is 1.28. The van der Waals surface area contributed by atoms with E-state index in [-0.39, 0.29) is 18.7 Å². The number of carboxylic acids is 1. The molecule has 1 aromatic rings. The number of rotatable bonds is 6. The van der Waals surface area contributed by atoms with Crippen LogP contribution < -0.4 is 10.1 Å².